The molecule has 1 aliphatic carbocycles. The summed E-state index contributed by atoms with van der Waals surface area (Å²) in [6.07, 6.45) is 0.761. The van der Waals surface area contributed by atoms with Gasteiger partial charge in [0.1, 0.15) is 11.6 Å². The fourth-order valence-electron chi connectivity index (χ4n) is 1.63. The zero-order valence-corrected chi connectivity index (χ0v) is 7.00. The highest BCUT2D eigenvalue weighted by Crippen LogP contribution is 2.47. The quantitative estimate of drug-likeness (QED) is 0.745. The summed E-state index contributed by atoms with van der Waals surface area (Å²) >= 11 is 0. The Bertz CT molecular complexity index is 325. The molecular weight excluding hydrogens is 174 g/mol. The van der Waals surface area contributed by atoms with Crippen molar-refractivity contribution in [3.8, 4) is 0 Å². The van der Waals surface area contributed by atoms with Gasteiger partial charge in [0.15, 0.2) is 0 Å². The zero-order valence-electron chi connectivity index (χ0n) is 7.00. The highest BCUT2D eigenvalue weighted by molar-refractivity contribution is 5.28. The molecule has 2 unspecified atom stereocenters. The fourth-order valence-corrected chi connectivity index (χ4v) is 1.63. The molecule has 2 atom stereocenters. The molecule has 0 amide bonds. The first-order valence-corrected chi connectivity index (χ1v) is 4.28. The summed E-state index contributed by atoms with van der Waals surface area (Å²) in [4.78, 5) is 0. The lowest BCUT2D eigenvalue weighted by molar-refractivity contribution is 0.273. The van der Waals surface area contributed by atoms with E-state index in [0.29, 0.717) is 5.56 Å². The van der Waals surface area contributed by atoms with Gasteiger partial charge in [-0.3, -0.25) is 0 Å². The second-order valence-electron chi connectivity index (χ2n) is 3.45. The van der Waals surface area contributed by atoms with Crippen molar-refractivity contribution >= 4 is 0 Å². The molecule has 1 aliphatic rings. The Kier molecular flexibility index (Phi) is 2.04. The van der Waals surface area contributed by atoms with Gasteiger partial charge in [-0.1, -0.05) is 0 Å². The topological polar surface area (TPSA) is 20.2 Å². The van der Waals surface area contributed by atoms with Gasteiger partial charge in [-0.05, 0) is 42.0 Å². The maximum absolute atomic E-state index is 13.1. The lowest BCUT2D eigenvalue weighted by Gasteiger charge is -2.01. The minimum absolute atomic E-state index is 0.0145. The van der Waals surface area contributed by atoms with Gasteiger partial charge in [0, 0.05) is 6.61 Å². The van der Waals surface area contributed by atoms with Crippen LogP contribution in [0.5, 0.6) is 0 Å². The summed E-state index contributed by atoms with van der Waals surface area (Å²) in [7, 11) is 0. The zero-order chi connectivity index (χ0) is 9.42. The van der Waals surface area contributed by atoms with Crippen LogP contribution in [0.2, 0.25) is 0 Å². The van der Waals surface area contributed by atoms with Crippen molar-refractivity contribution in [2.24, 2.45) is 5.92 Å². The van der Waals surface area contributed by atoms with Crippen LogP contribution in [0.4, 0.5) is 8.78 Å². The van der Waals surface area contributed by atoms with Crippen LogP contribution in [0, 0.1) is 17.6 Å². The largest absolute Gasteiger partial charge is 0.396 e. The van der Waals surface area contributed by atoms with Gasteiger partial charge in [0.2, 0.25) is 0 Å². The first-order chi connectivity index (χ1) is 6.22. The number of aliphatic hydroxyl groups excluding tert-OH is 1. The maximum Gasteiger partial charge on any atom is 0.126 e. The molecule has 0 heterocycles. The summed E-state index contributed by atoms with van der Waals surface area (Å²) < 4.78 is 25.9. The number of benzene rings is 1. The van der Waals surface area contributed by atoms with Gasteiger partial charge in [0.25, 0.3) is 0 Å². The number of hydrogen-bond donors (Lipinski definition) is 1. The Morgan fingerprint density at radius 2 is 2.15 bits per heavy atom. The lowest BCUT2D eigenvalue weighted by Crippen LogP contribution is -1.93. The molecule has 0 bridgehead atoms. The predicted molar refractivity (Wildman–Crippen MR) is 44.3 cm³/mol. The fraction of sp³-hybridized carbons (Fsp3) is 0.400. The molecule has 0 radical (unpaired) electrons. The molecule has 0 aliphatic heterocycles. The molecule has 0 saturated heterocycles. The minimum atomic E-state index is -0.417. The minimum Gasteiger partial charge on any atom is -0.396 e. The second-order valence-corrected chi connectivity index (χ2v) is 3.45. The lowest BCUT2D eigenvalue weighted by atomic mass is 10.1. The number of rotatable bonds is 2. The van der Waals surface area contributed by atoms with Crippen molar-refractivity contribution in [1.82, 2.24) is 0 Å². The third-order valence-electron chi connectivity index (χ3n) is 2.51. The van der Waals surface area contributed by atoms with Crippen molar-refractivity contribution in [3.63, 3.8) is 0 Å². The molecule has 70 valence electrons. The highest BCUT2D eigenvalue weighted by Gasteiger charge is 2.39. The average molecular weight is 184 g/mol. The number of halogens is 2. The molecule has 1 saturated carbocycles. The summed E-state index contributed by atoms with van der Waals surface area (Å²) in [5.74, 6) is -0.653. The molecular formula is C10H10F2O. The van der Waals surface area contributed by atoms with E-state index in [2.05, 4.69) is 0 Å². The standard InChI is InChI=1S/C10H10F2O/c11-7-1-2-10(12)9(4-7)8-3-6(8)5-13/h1-2,4,6,8,13H,3,5H2. The van der Waals surface area contributed by atoms with Crippen LogP contribution >= 0.6 is 0 Å². The second kappa shape index (κ2) is 3.07. The van der Waals surface area contributed by atoms with Gasteiger partial charge in [-0.15, -0.1) is 0 Å². The van der Waals surface area contributed by atoms with Crippen LogP contribution in [0.25, 0.3) is 0 Å². The van der Waals surface area contributed by atoms with Crippen LogP contribution in [0.1, 0.15) is 17.9 Å². The third kappa shape index (κ3) is 1.56. The normalized spacial score (nSPS) is 26.1. The van der Waals surface area contributed by atoms with Crippen molar-refractivity contribution in [1.29, 1.82) is 0 Å². The molecule has 13 heavy (non-hydrogen) atoms. The molecule has 3 heteroatoms. The Hall–Kier alpha value is -0.960. The van der Waals surface area contributed by atoms with Crippen LogP contribution in [0.15, 0.2) is 18.2 Å². The number of aliphatic hydroxyl groups is 1. The molecule has 2 rings (SSSR count). The first-order valence-electron chi connectivity index (χ1n) is 4.28. The van der Waals surface area contributed by atoms with Crippen LogP contribution < -0.4 is 0 Å². The van der Waals surface area contributed by atoms with Crippen molar-refractivity contribution in [2.75, 3.05) is 6.61 Å². The molecule has 1 aromatic carbocycles. The molecule has 1 aromatic rings. The molecule has 0 aromatic heterocycles. The van der Waals surface area contributed by atoms with E-state index >= 15 is 0 Å². The van der Waals surface area contributed by atoms with Crippen molar-refractivity contribution in [2.45, 2.75) is 12.3 Å². The Morgan fingerprint density at radius 1 is 1.38 bits per heavy atom. The van der Waals surface area contributed by atoms with E-state index in [1.807, 2.05) is 0 Å². The van der Waals surface area contributed by atoms with E-state index in [1.54, 1.807) is 0 Å². The van der Waals surface area contributed by atoms with E-state index in [0.717, 1.165) is 18.6 Å². The van der Waals surface area contributed by atoms with Crippen molar-refractivity contribution < 1.29 is 13.9 Å². The van der Waals surface area contributed by atoms with Crippen LogP contribution in [-0.2, 0) is 0 Å². The van der Waals surface area contributed by atoms with E-state index < -0.39 is 5.82 Å². The van der Waals surface area contributed by atoms with Crippen LogP contribution in [0.3, 0.4) is 0 Å². The summed E-state index contributed by atoms with van der Waals surface area (Å²) in [5.41, 5.74) is 0.402. The van der Waals surface area contributed by atoms with Gasteiger partial charge in [-0.2, -0.15) is 0 Å². The smallest absolute Gasteiger partial charge is 0.126 e. The maximum atomic E-state index is 13.1. The van der Waals surface area contributed by atoms with E-state index in [1.165, 1.54) is 6.07 Å². The van der Waals surface area contributed by atoms with Gasteiger partial charge in [-0.25, -0.2) is 8.78 Å². The Balaban J connectivity index is 2.25. The van der Waals surface area contributed by atoms with Crippen LogP contribution in [-0.4, -0.2) is 11.7 Å². The summed E-state index contributed by atoms with van der Waals surface area (Å²) in [5, 5.41) is 8.78. The van der Waals surface area contributed by atoms with Gasteiger partial charge >= 0.3 is 0 Å². The molecule has 0 spiro atoms. The Morgan fingerprint density at radius 3 is 2.77 bits per heavy atom. The SMILES string of the molecule is OCC1CC1c1cc(F)ccc1F. The van der Waals surface area contributed by atoms with Crippen molar-refractivity contribution in [3.05, 3.63) is 35.4 Å². The highest BCUT2D eigenvalue weighted by atomic mass is 19.1. The van der Waals surface area contributed by atoms with Gasteiger partial charge < -0.3 is 5.11 Å². The summed E-state index contributed by atoms with van der Waals surface area (Å²) in [6.45, 7) is 0.0562. The predicted octanol–water partition coefficient (Wildman–Crippen LogP) is 2.06. The first kappa shape index (κ1) is 8.63. The average Bonchev–Trinajstić information content (AvgIpc) is 2.88. The van der Waals surface area contributed by atoms with E-state index in [4.69, 9.17) is 5.11 Å². The van der Waals surface area contributed by atoms with Gasteiger partial charge in [0.05, 0.1) is 0 Å². The monoisotopic (exact) mass is 184 g/mol. The summed E-state index contributed by atoms with van der Waals surface area (Å²) in [6, 6.07) is 3.46. The Labute approximate surface area is 75.0 Å². The number of hydrogen-bond acceptors (Lipinski definition) is 1. The third-order valence-corrected chi connectivity index (χ3v) is 2.51. The molecule has 1 fully saturated rings. The van der Waals surface area contributed by atoms with E-state index in [-0.39, 0.29) is 24.3 Å². The van der Waals surface area contributed by atoms with E-state index in [9.17, 15) is 8.78 Å². The molecule has 1 nitrogen and oxygen atoms in total. The molecule has 1 N–H and O–H groups in total.